The normalized spacial score (nSPS) is 10.5. The van der Waals surface area contributed by atoms with Crippen LogP contribution >= 0.6 is 0 Å². The first-order valence-electron chi connectivity index (χ1n) is 5.55. The zero-order valence-electron chi connectivity index (χ0n) is 10.4. The monoisotopic (exact) mass is 275 g/mol. The van der Waals surface area contributed by atoms with E-state index in [1.54, 1.807) is 0 Å². The molecule has 2 N–H and O–H groups in total. The molecule has 0 saturated carbocycles. The Morgan fingerprint density at radius 2 is 2.21 bits per heavy atom. The van der Waals surface area contributed by atoms with Gasteiger partial charge in [0.05, 0.1) is 25.0 Å². The molecule has 0 atom stereocenters. The number of rotatable bonds is 8. The molecule has 0 bridgehead atoms. The standard InChI is InChI=1S/C12H15F2NO4/c1-18-8-2-3-9(12(16)17)10(6-8)15-4-5-19-7-11(13)14/h2-3,6,11,15H,4-5,7H2,1H3,(H,16,17). The van der Waals surface area contributed by atoms with Crippen molar-refractivity contribution in [1.29, 1.82) is 0 Å². The third-order valence-corrected chi connectivity index (χ3v) is 2.26. The summed E-state index contributed by atoms with van der Waals surface area (Å²) in [6.07, 6.45) is -2.51. The Kier molecular flexibility index (Phi) is 6.01. The zero-order valence-corrected chi connectivity index (χ0v) is 10.4. The lowest BCUT2D eigenvalue weighted by molar-refractivity contribution is 0.0215. The minimum atomic E-state index is -2.51. The number of methoxy groups -OCH3 is 1. The summed E-state index contributed by atoms with van der Waals surface area (Å²) >= 11 is 0. The Morgan fingerprint density at radius 3 is 2.79 bits per heavy atom. The maximum atomic E-state index is 11.8. The predicted molar refractivity (Wildman–Crippen MR) is 65.3 cm³/mol. The summed E-state index contributed by atoms with van der Waals surface area (Å²) in [5, 5.41) is 11.8. The van der Waals surface area contributed by atoms with Crippen LogP contribution in [0.25, 0.3) is 0 Å². The lowest BCUT2D eigenvalue weighted by Crippen LogP contribution is -2.14. The van der Waals surface area contributed by atoms with Crippen molar-refractivity contribution in [3.8, 4) is 5.75 Å². The second-order valence-electron chi connectivity index (χ2n) is 3.61. The molecule has 0 aliphatic rings. The van der Waals surface area contributed by atoms with Gasteiger partial charge >= 0.3 is 5.97 Å². The number of carbonyl (C=O) groups is 1. The highest BCUT2D eigenvalue weighted by molar-refractivity contribution is 5.94. The molecule has 0 amide bonds. The fourth-order valence-electron chi connectivity index (χ4n) is 1.41. The Hall–Kier alpha value is -1.89. The van der Waals surface area contributed by atoms with Crippen molar-refractivity contribution >= 4 is 11.7 Å². The number of hydrogen-bond donors (Lipinski definition) is 2. The predicted octanol–water partition coefficient (Wildman–Crippen LogP) is 2.09. The number of alkyl halides is 2. The second kappa shape index (κ2) is 7.52. The molecular formula is C12H15F2NO4. The van der Waals surface area contributed by atoms with Gasteiger partial charge in [-0.15, -0.1) is 0 Å². The van der Waals surface area contributed by atoms with Crippen molar-refractivity contribution in [1.82, 2.24) is 0 Å². The number of aromatic carboxylic acids is 1. The molecule has 0 spiro atoms. The van der Waals surface area contributed by atoms with Crippen molar-refractivity contribution in [2.45, 2.75) is 6.43 Å². The first-order valence-corrected chi connectivity index (χ1v) is 5.55. The van der Waals surface area contributed by atoms with Gasteiger partial charge in [0.2, 0.25) is 0 Å². The van der Waals surface area contributed by atoms with Crippen molar-refractivity contribution < 1.29 is 28.2 Å². The minimum absolute atomic E-state index is 0.0562. The Balaban J connectivity index is 2.57. The first-order chi connectivity index (χ1) is 9.04. The Morgan fingerprint density at radius 1 is 1.47 bits per heavy atom. The highest BCUT2D eigenvalue weighted by Crippen LogP contribution is 2.22. The van der Waals surface area contributed by atoms with Crippen molar-refractivity contribution in [3.05, 3.63) is 23.8 Å². The highest BCUT2D eigenvalue weighted by Gasteiger charge is 2.10. The van der Waals surface area contributed by atoms with Crippen molar-refractivity contribution in [2.75, 3.05) is 32.2 Å². The van der Waals surface area contributed by atoms with Crippen LogP contribution in [0.3, 0.4) is 0 Å². The molecule has 0 fully saturated rings. The van der Waals surface area contributed by atoms with E-state index in [9.17, 15) is 13.6 Å². The van der Waals surface area contributed by atoms with Crippen LogP contribution in [-0.2, 0) is 4.74 Å². The van der Waals surface area contributed by atoms with E-state index in [1.165, 1.54) is 25.3 Å². The number of halogens is 2. The average Bonchev–Trinajstić information content (AvgIpc) is 2.37. The lowest BCUT2D eigenvalue weighted by Gasteiger charge is -2.11. The van der Waals surface area contributed by atoms with Gasteiger partial charge in [0.15, 0.2) is 0 Å². The molecule has 0 radical (unpaired) electrons. The molecule has 5 nitrogen and oxygen atoms in total. The smallest absolute Gasteiger partial charge is 0.337 e. The summed E-state index contributed by atoms with van der Waals surface area (Å²) in [5.41, 5.74) is 0.433. The fourth-order valence-corrected chi connectivity index (χ4v) is 1.41. The SMILES string of the molecule is COc1ccc(C(=O)O)c(NCCOCC(F)F)c1. The van der Waals surface area contributed by atoms with Gasteiger partial charge < -0.3 is 19.9 Å². The van der Waals surface area contributed by atoms with Gasteiger partial charge in [-0.3, -0.25) is 0 Å². The minimum Gasteiger partial charge on any atom is -0.497 e. The van der Waals surface area contributed by atoms with Crippen LogP contribution in [0.5, 0.6) is 5.75 Å². The summed E-state index contributed by atoms with van der Waals surface area (Å²) < 4.78 is 33.3. The van der Waals surface area contributed by atoms with Gasteiger partial charge in [-0.05, 0) is 12.1 Å². The molecule has 0 saturated heterocycles. The molecule has 1 aromatic rings. The van der Waals surface area contributed by atoms with E-state index >= 15 is 0 Å². The summed E-state index contributed by atoms with van der Waals surface area (Å²) in [7, 11) is 1.46. The molecule has 1 rings (SSSR count). The number of carboxylic acid groups (broad SMARTS) is 1. The van der Waals surface area contributed by atoms with Gasteiger partial charge in [0, 0.05) is 12.6 Å². The number of hydrogen-bond acceptors (Lipinski definition) is 4. The topological polar surface area (TPSA) is 67.8 Å². The van der Waals surface area contributed by atoms with E-state index in [1.807, 2.05) is 0 Å². The summed E-state index contributed by atoms with van der Waals surface area (Å²) in [6, 6.07) is 4.46. The molecule has 0 unspecified atom stereocenters. The van der Waals surface area contributed by atoms with E-state index in [-0.39, 0.29) is 18.7 Å². The summed E-state index contributed by atoms with van der Waals surface area (Å²) in [5.74, 6) is -0.584. The van der Waals surface area contributed by atoms with Crippen molar-refractivity contribution in [2.24, 2.45) is 0 Å². The first kappa shape index (κ1) is 15.2. The third kappa shape index (κ3) is 5.09. The van der Waals surface area contributed by atoms with Crippen LogP contribution in [0, 0.1) is 0 Å². The zero-order chi connectivity index (χ0) is 14.3. The fraction of sp³-hybridized carbons (Fsp3) is 0.417. The molecule has 0 heterocycles. The number of ether oxygens (including phenoxy) is 2. The second-order valence-corrected chi connectivity index (χ2v) is 3.61. The van der Waals surface area contributed by atoms with Crippen LogP contribution in [0.15, 0.2) is 18.2 Å². The Bertz CT molecular complexity index is 426. The maximum Gasteiger partial charge on any atom is 0.337 e. The van der Waals surface area contributed by atoms with Crippen LogP contribution in [0.2, 0.25) is 0 Å². The summed E-state index contributed by atoms with van der Waals surface area (Å²) in [6.45, 7) is -0.355. The van der Waals surface area contributed by atoms with Crippen LogP contribution in [-0.4, -0.2) is 44.4 Å². The number of carboxylic acids is 1. The van der Waals surface area contributed by atoms with Gasteiger partial charge in [-0.25, -0.2) is 13.6 Å². The van der Waals surface area contributed by atoms with Gasteiger partial charge in [0.25, 0.3) is 6.43 Å². The molecule has 0 aliphatic carbocycles. The maximum absolute atomic E-state index is 11.8. The average molecular weight is 275 g/mol. The van der Waals surface area contributed by atoms with Gasteiger partial charge in [-0.2, -0.15) is 0 Å². The van der Waals surface area contributed by atoms with Gasteiger partial charge in [0.1, 0.15) is 12.4 Å². The number of nitrogens with one attached hydrogen (secondary N) is 1. The van der Waals surface area contributed by atoms with Crippen LogP contribution in [0.4, 0.5) is 14.5 Å². The molecule has 1 aromatic carbocycles. The highest BCUT2D eigenvalue weighted by atomic mass is 19.3. The summed E-state index contributed by atoms with van der Waals surface area (Å²) in [4.78, 5) is 11.0. The molecule has 106 valence electrons. The molecule has 19 heavy (non-hydrogen) atoms. The molecule has 0 aliphatic heterocycles. The quantitative estimate of drug-likeness (QED) is 0.711. The van der Waals surface area contributed by atoms with E-state index in [4.69, 9.17) is 9.84 Å². The third-order valence-electron chi connectivity index (χ3n) is 2.26. The van der Waals surface area contributed by atoms with E-state index < -0.39 is 19.0 Å². The van der Waals surface area contributed by atoms with E-state index in [2.05, 4.69) is 10.1 Å². The Labute approximate surface area is 109 Å². The molecule has 7 heteroatoms. The number of anilines is 1. The van der Waals surface area contributed by atoms with Crippen LogP contribution < -0.4 is 10.1 Å². The molecule has 0 aromatic heterocycles. The van der Waals surface area contributed by atoms with Gasteiger partial charge in [-0.1, -0.05) is 0 Å². The van der Waals surface area contributed by atoms with Crippen LogP contribution in [0.1, 0.15) is 10.4 Å². The largest absolute Gasteiger partial charge is 0.497 e. The number of benzene rings is 1. The van der Waals surface area contributed by atoms with Crippen molar-refractivity contribution in [3.63, 3.8) is 0 Å². The van der Waals surface area contributed by atoms with E-state index in [0.29, 0.717) is 11.4 Å². The van der Waals surface area contributed by atoms with E-state index in [0.717, 1.165) is 0 Å². The lowest BCUT2D eigenvalue weighted by atomic mass is 10.1. The molecular weight excluding hydrogens is 260 g/mol.